The van der Waals surface area contributed by atoms with Crippen molar-refractivity contribution in [1.29, 1.82) is 0 Å². The Morgan fingerprint density at radius 1 is 0.897 bits per heavy atom. The van der Waals surface area contributed by atoms with Gasteiger partial charge in [-0.1, -0.05) is 20.8 Å². The summed E-state index contributed by atoms with van der Waals surface area (Å²) >= 11 is 0. The second-order valence-electron chi connectivity index (χ2n) is 7.58. The van der Waals surface area contributed by atoms with Crippen molar-refractivity contribution >= 4 is 17.5 Å². The molecule has 2 N–H and O–H groups in total. The number of rotatable bonds is 7. The Bertz CT molecular complexity index is 856. The lowest BCUT2D eigenvalue weighted by molar-refractivity contribution is -0.131. The maximum atomic E-state index is 12.5. The summed E-state index contributed by atoms with van der Waals surface area (Å²) in [4.78, 5) is 24.5. The van der Waals surface area contributed by atoms with Gasteiger partial charge in [0.1, 0.15) is 17.5 Å². The zero-order valence-corrected chi connectivity index (χ0v) is 17.7. The molecule has 7 nitrogen and oxygen atoms in total. The number of benzene rings is 2. The fourth-order valence-corrected chi connectivity index (χ4v) is 2.33. The molecule has 29 heavy (non-hydrogen) atoms. The molecule has 0 spiro atoms. The van der Waals surface area contributed by atoms with Crippen molar-refractivity contribution in [3.63, 3.8) is 0 Å². The number of anilines is 1. The molecule has 0 heterocycles. The highest BCUT2D eigenvalue weighted by Crippen LogP contribution is 2.34. The van der Waals surface area contributed by atoms with E-state index in [-0.39, 0.29) is 11.8 Å². The fraction of sp³-hybridized carbons (Fsp3) is 0.364. The minimum absolute atomic E-state index is 0.196. The first-order valence-corrected chi connectivity index (χ1v) is 9.26. The monoisotopic (exact) mass is 400 g/mol. The van der Waals surface area contributed by atoms with Gasteiger partial charge in [0.2, 0.25) is 11.8 Å². The second kappa shape index (κ2) is 9.32. The number of hydrogen-bond acceptors (Lipinski definition) is 5. The van der Waals surface area contributed by atoms with E-state index in [9.17, 15) is 9.59 Å². The predicted molar refractivity (Wildman–Crippen MR) is 112 cm³/mol. The van der Waals surface area contributed by atoms with Crippen LogP contribution >= 0.6 is 0 Å². The molecule has 0 aromatic heterocycles. The number of ether oxygens (including phenoxy) is 3. The Morgan fingerprint density at radius 2 is 1.52 bits per heavy atom. The lowest BCUT2D eigenvalue weighted by Gasteiger charge is -2.21. The van der Waals surface area contributed by atoms with E-state index in [2.05, 4.69) is 10.6 Å². The number of amides is 2. The van der Waals surface area contributed by atoms with Crippen LogP contribution in [0.2, 0.25) is 0 Å². The molecule has 0 saturated heterocycles. The van der Waals surface area contributed by atoms with Gasteiger partial charge in [-0.15, -0.1) is 0 Å². The smallest absolute Gasteiger partial charge is 0.246 e. The standard InChI is InChI=1S/C22H28N2O5/c1-14(23-21(26)22(2,3)4)20(25)24-15-7-12-18(28-6)19(13-15)29-17-10-8-16(27-5)9-11-17/h7-14H,1-6H3,(H,23,26)(H,24,25). The third-order valence-electron chi connectivity index (χ3n) is 4.14. The van der Waals surface area contributed by atoms with Crippen molar-refractivity contribution in [1.82, 2.24) is 5.32 Å². The van der Waals surface area contributed by atoms with Crippen LogP contribution in [0.25, 0.3) is 0 Å². The highest BCUT2D eigenvalue weighted by molar-refractivity contribution is 5.97. The Labute approximate surface area is 171 Å². The second-order valence-corrected chi connectivity index (χ2v) is 7.58. The minimum Gasteiger partial charge on any atom is -0.497 e. The molecule has 2 aromatic rings. The van der Waals surface area contributed by atoms with E-state index in [0.29, 0.717) is 22.9 Å². The third-order valence-corrected chi connectivity index (χ3v) is 4.14. The van der Waals surface area contributed by atoms with Crippen molar-refractivity contribution in [3.05, 3.63) is 42.5 Å². The van der Waals surface area contributed by atoms with Gasteiger partial charge in [-0.25, -0.2) is 0 Å². The molecule has 0 aliphatic heterocycles. The minimum atomic E-state index is -0.685. The lowest BCUT2D eigenvalue weighted by Crippen LogP contribution is -2.46. The summed E-state index contributed by atoms with van der Waals surface area (Å²) in [5.74, 6) is 1.76. The molecule has 2 amide bonds. The zero-order chi connectivity index (χ0) is 21.6. The summed E-state index contributed by atoms with van der Waals surface area (Å²) in [5, 5.41) is 5.49. The molecule has 1 unspecified atom stereocenters. The van der Waals surface area contributed by atoms with Crippen LogP contribution in [0.3, 0.4) is 0 Å². The SMILES string of the molecule is COc1ccc(Oc2cc(NC(=O)C(C)NC(=O)C(C)(C)C)ccc2OC)cc1. The molecule has 0 saturated carbocycles. The fourth-order valence-electron chi connectivity index (χ4n) is 2.33. The van der Waals surface area contributed by atoms with Gasteiger partial charge in [-0.3, -0.25) is 9.59 Å². The molecule has 2 aromatic carbocycles. The molecule has 2 rings (SSSR count). The highest BCUT2D eigenvalue weighted by Gasteiger charge is 2.25. The molecule has 0 aliphatic rings. The van der Waals surface area contributed by atoms with Gasteiger partial charge in [0.15, 0.2) is 11.5 Å². The van der Waals surface area contributed by atoms with Gasteiger partial charge in [0, 0.05) is 17.2 Å². The summed E-state index contributed by atoms with van der Waals surface area (Å²) in [6.45, 7) is 7.01. The molecule has 7 heteroatoms. The van der Waals surface area contributed by atoms with E-state index < -0.39 is 11.5 Å². The summed E-state index contributed by atoms with van der Waals surface area (Å²) in [6, 6.07) is 11.5. The summed E-state index contributed by atoms with van der Waals surface area (Å²) < 4.78 is 16.4. The molecule has 0 fully saturated rings. The molecule has 1 atom stereocenters. The first-order valence-electron chi connectivity index (χ1n) is 9.26. The van der Waals surface area contributed by atoms with Crippen LogP contribution in [0.4, 0.5) is 5.69 Å². The van der Waals surface area contributed by atoms with Gasteiger partial charge < -0.3 is 24.8 Å². The largest absolute Gasteiger partial charge is 0.497 e. The average molecular weight is 400 g/mol. The molecular weight excluding hydrogens is 372 g/mol. The Morgan fingerprint density at radius 3 is 2.07 bits per heavy atom. The number of methoxy groups -OCH3 is 2. The van der Waals surface area contributed by atoms with Crippen molar-refractivity contribution in [2.24, 2.45) is 5.41 Å². The van der Waals surface area contributed by atoms with Crippen LogP contribution < -0.4 is 24.8 Å². The van der Waals surface area contributed by atoms with Crippen molar-refractivity contribution in [2.45, 2.75) is 33.7 Å². The lowest BCUT2D eigenvalue weighted by atomic mass is 9.95. The molecule has 0 aliphatic carbocycles. The van der Waals surface area contributed by atoms with Gasteiger partial charge in [-0.2, -0.15) is 0 Å². The average Bonchev–Trinajstić information content (AvgIpc) is 2.68. The summed E-state index contributed by atoms with van der Waals surface area (Å²) in [5.41, 5.74) is -0.0511. The highest BCUT2D eigenvalue weighted by atomic mass is 16.5. The van der Waals surface area contributed by atoms with Crippen LogP contribution in [0.5, 0.6) is 23.0 Å². The van der Waals surface area contributed by atoms with E-state index in [1.807, 2.05) is 0 Å². The summed E-state index contributed by atoms with van der Waals surface area (Å²) in [6.07, 6.45) is 0. The van der Waals surface area contributed by atoms with Crippen molar-refractivity contribution in [3.8, 4) is 23.0 Å². The van der Waals surface area contributed by atoms with Crippen LogP contribution in [-0.2, 0) is 9.59 Å². The van der Waals surface area contributed by atoms with Crippen LogP contribution in [0, 0.1) is 5.41 Å². The van der Waals surface area contributed by atoms with Gasteiger partial charge in [-0.05, 0) is 43.3 Å². The van der Waals surface area contributed by atoms with Crippen LogP contribution in [0.1, 0.15) is 27.7 Å². The van der Waals surface area contributed by atoms with E-state index in [1.54, 1.807) is 84.4 Å². The van der Waals surface area contributed by atoms with Gasteiger partial charge in [0.05, 0.1) is 14.2 Å². The third kappa shape index (κ3) is 6.14. The Balaban J connectivity index is 2.12. The molecule has 156 valence electrons. The molecule has 0 radical (unpaired) electrons. The summed E-state index contributed by atoms with van der Waals surface area (Å²) in [7, 11) is 3.13. The zero-order valence-electron chi connectivity index (χ0n) is 17.7. The Kier molecular flexibility index (Phi) is 7.09. The van der Waals surface area contributed by atoms with E-state index in [4.69, 9.17) is 14.2 Å². The molecular formula is C22H28N2O5. The van der Waals surface area contributed by atoms with E-state index in [0.717, 1.165) is 5.75 Å². The van der Waals surface area contributed by atoms with Crippen LogP contribution in [0.15, 0.2) is 42.5 Å². The maximum absolute atomic E-state index is 12.5. The maximum Gasteiger partial charge on any atom is 0.246 e. The van der Waals surface area contributed by atoms with Crippen LogP contribution in [-0.4, -0.2) is 32.1 Å². The normalized spacial score (nSPS) is 11.9. The van der Waals surface area contributed by atoms with Crippen molar-refractivity contribution in [2.75, 3.05) is 19.5 Å². The number of hydrogen-bond donors (Lipinski definition) is 2. The van der Waals surface area contributed by atoms with E-state index in [1.165, 1.54) is 0 Å². The Hall–Kier alpha value is -3.22. The van der Waals surface area contributed by atoms with Crippen molar-refractivity contribution < 1.29 is 23.8 Å². The predicted octanol–water partition coefficient (Wildman–Crippen LogP) is 3.99. The number of carbonyl (C=O) groups excluding carboxylic acids is 2. The quantitative estimate of drug-likeness (QED) is 0.734. The number of carbonyl (C=O) groups is 2. The molecule has 0 bridgehead atoms. The topological polar surface area (TPSA) is 85.9 Å². The van der Waals surface area contributed by atoms with E-state index >= 15 is 0 Å². The van der Waals surface area contributed by atoms with Gasteiger partial charge >= 0.3 is 0 Å². The first kappa shape index (κ1) is 22.1. The first-order chi connectivity index (χ1) is 13.6. The van der Waals surface area contributed by atoms with Gasteiger partial charge in [0.25, 0.3) is 0 Å². The number of nitrogens with one attached hydrogen (secondary N) is 2.